The van der Waals surface area contributed by atoms with Crippen LogP contribution in [0.15, 0.2) is 77.7 Å². The van der Waals surface area contributed by atoms with Crippen molar-refractivity contribution in [3.8, 4) is 0 Å². The standard InChI is InChI=1S/C30H35ClFN3O4S/c1-6-26(29(37)33-30(3,4)5)34(19-22-11-7-8-12-24(22)31)28(36)20-35(27-14-10-9-13-25(27)32)40(38,39)23-17-15-21(2)16-18-23/h7-18,26H,6,19-20H2,1-5H3,(H,33,37)/t26-/m0/s1. The minimum atomic E-state index is -4.37. The van der Waals surface area contributed by atoms with Crippen LogP contribution in [0, 0.1) is 12.7 Å². The SMILES string of the molecule is CC[C@@H](C(=O)NC(C)(C)C)N(Cc1ccccc1Cl)C(=O)CN(c1ccccc1F)S(=O)(=O)c1ccc(C)cc1. The number of sulfonamides is 1. The maximum absolute atomic E-state index is 15.0. The summed E-state index contributed by atoms with van der Waals surface area (Å²) >= 11 is 6.40. The molecule has 0 aliphatic heterocycles. The van der Waals surface area contributed by atoms with E-state index in [2.05, 4.69) is 5.32 Å². The average Bonchev–Trinajstić information content (AvgIpc) is 2.88. The molecule has 0 aromatic heterocycles. The van der Waals surface area contributed by atoms with Crippen molar-refractivity contribution >= 4 is 39.1 Å². The first-order valence-corrected chi connectivity index (χ1v) is 14.7. The fourth-order valence-electron chi connectivity index (χ4n) is 4.19. The van der Waals surface area contributed by atoms with Crippen LogP contribution in [-0.2, 0) is 26.2 Å². The lowest BCUT2D eigenvalue weighted by Gasteiger charge is -2.35. The second-order valence-electron chi connectivity index (χ2n) is 10.6. The number of rotatable bonds is 10. The lowest BCUT2D eigenvalue weighted by atomic mass is 10.1. The third kappa shape index (κ3) is 7.61. The van der Waals surface area contributed by atoms with E-state index in [1.807, 2.05) is 27.7 Å². The highest BCUT2D eigenvalue weighted by atomic mass is 35.5. The Morgan fingerprint density at radius 3 is 2.15 bits per heavy atom. The number of nitrogens with one attached hydrogen (secondary N) is 1. The molecule has 0 spiro atoms. The van der Waals surface area contributed by atoms with Crippen LogP contribution in [0.1, 0.15) is 45.2 Å². The van der Waals surface area contributed by atoms with Gasteiger partial charge in [0.25, 0.3) is 10.0 Å². The van der Waals surface area contributed by atoms with Crippen LogP contribution < -0.4 is 9.62 Å². The minimum absolute atomic E-state index is 0.0513. The number of anilines is 1. The number of carbonyl (C=O) groups excluding carboxylic acids is 2. The van der Waals surface area contributed by atoms with Crippen LogP contribution in [0.4, 0.5) is 10.1 Å². The van der Waals surface area contributed by atoms with Crippen LogP contribution in [0.25, 0.3) is 0 Å². The zero-order valence-corrected chi connectivity index (χ0v) is 24.9. The number of benzene rings is 3. The van der Waals surface area contributed by atoms with Gasteiger partial charge in [-0.25, -0.2) is 12.8 Å². The predicted molar refractivity (Wildman–Crippen MR) is 156 cm³/mol. The minimum Gasteiger partial charge on any atom is -0.350 e. The van der Waals surface area contributed by atoms with Crippen molar-refractivity contribution < 1.29 is 22.4 Å². The molecular formula is C30H35ClFN3O4S. The van der Waals surface area contributed by atoms with Gasteiger partial charge in [-0.3, -0.25) is 13.9 Å². The summed E-state index contributed by atoms with van der Waals surface area (Å²) in [6.07, 6.45) is 0.252. The molecule has 0 heterocycles. The number of hydrogen-bond acceptors (Lipinski definition) is 4. The molecule has 0 fully saturated rings. The van der Waals surface area contributed by atoms with Gasteiger partial charge in [-0.15, -0.1) is 0 Å². The Bertz CT molecular complexity index is 1460. The van der Waals surface area contributed by atoms with E-state index >= 15 is 4.39 Å². The van der Waals surface area contributed by atoms with E-state index in [-0.39, 0.29) is 23.5 Å². The van der Waals surface area contributed by atoms with Gasteiger partial charge >= 0.3 is 0 Å². The monoisotopic (exact) mass is 587 g/mol. The zero-order chi connectivity index (χ0) is 29.7. The van der Waals surface area contributed by atoms with Gasteiger partial charge in [0.1, 0.15) is 18.4 Å². The number of carbonyl (C=O) groups is 2. The second kappa shape index (κ2) is 12.8. The van der Waals surface area contributed by atoms with Crippen molar-refractivity contribution in [2.75, 3.05) is 10.8 Å². The Morgan fingerprint density at radius 1 is 0.975 bits per heavy atom. The number of hydrogen-bond donors (Lipinski definition) is 1. The van der Waals surface area contributed by atoms with Gasteiger partial charge in [0.05, 0.1) is 10.6 Å². The molecule has 0 saturated carbocycles. The Balaban J connectivity index is 2.10. The molecule has 40 heavy (non-hydrogen) atoms. The number of halogens is 2. The van der Waals surface area contributed by atoms with E-state index in [0.29, 0.717) is 10.6 Å². The van der Waals surface area contributed by atoms with Crippen molar-refractivity contribution in [2.45, 2.75) is 64.1 Å². The summed E-state index contributed by atoms with van der Waals surface area (Å²) in [7, 11) is -4.37. The molecule has 3 aromatic rings. The Labute approximate surface area is 241 Å². The molecule has 3 aromatic carbocycles. The lowest BCUT2D eigenvalue weighted by molar-refractivity contribution is -0.141. The first-order valence-electron chi connectivity index (χ1n) is 12.9. The molecule has 0 aliphatic rings. The van der Waals surface area contributed by atoms with E-state index < -0.39 is 45.8 Å². The Hall–Kier alpha value is -3.43. The quantitative estimate of drug-likeness (QED) is 0.329. The topological polar surface area (TPSA) is 86.8 Å². The summed E-state index contributed by atoms with van der Waals surface area (Å²) in [6, 6.07) is 17.4. The number of aryl methyl sites for hydroxylation is 1. The Morgan fingerprint density at radius 2 is 1.57 bits per heavy atom. The van der Waals surface area contributed by atoms with Crippen LogP contribution >= 0.6 is 11.6 Å². The third-order valence-electron chi connectivity index (χ3n) is 6.19. The van der Waals surface area contributed by atoms with Gasteiger partial charge in [-0.05, 0) is 70.0 Å². The first-order chi connectivity index (χ1) is 18.7. The summed E-state index contributed by atoms with van der Waals surface area (Å²) in [6.45, 7) is 8.26. The van der Waals surface area contributed by atoms with Crippen molar-refractivity contribution in [1.82, 2.24) is 10.2 Å². The van der Waals surface area contributed by atoms with Gasteiger partial charge in [0.15, 0.2) is 0 Å². The molecule has 10 heteroatoms. The molecule has 0 bridgehead atoms. The highest BCUT2D eigenvalue weighted by molar-refractivity contribution is 7.92. The number of para-hydroxylation sites is 1. The smallest absolute Gasteiger partial charge is 0.264 e. The summed E-state index contributed by atoms with van der Waals surface area (Å²) in [4.78, 5) is 28.6. The molecule has 0 radical (unpaired) electrons. The number of amides is 2. The van der Waals surface area contributed by atoms with Crippen molar-refractivity contribution in [3.05, 3.63) is 94.8 Å². The fraction of sp³-hybridized carbons (Fsp3) is 0.333. The van der Waals surface area contributed by atoms with Gasteiger partial charge in [0, 0.05) is 17.1 Å². The average molecular weight is 588 g/mol. The van der Waals surface area contributed by atoms with Gasteiger partial charge < -0.3 is 10.2 Å². The van der Waals surface area contributed by atoms with E-state index in [1.54, 1.807) is 43.3 Å². The molecule has 0 saturated heterocycles. The van der Waals surface area contributed by atoms with Crippen LogP contribution in [0.5, 0.6) is 0 Å². The van der Waals surface area contributed by atoms with Gasteiger partial charge in [-0.1, -0.05) is 66.6 Å². The van der Waals surface area contributed by atoms with Crippen LogP contribution in [-0.4, -0.2) is 43.3 Å². The van der Waals surface area contributed by atoms with Crippen molar-refractivity contribution in [3.63, 3.8) is 0 Å². The molecular weight excluding hydrogens is 553 g/mol. The highest BCUT2D eigenvalue weighted by Gasteiger charge is 2.35. The summed E-state index contributed by atoms with van der Waals surface area (Å²) in [5.41, 5.74) is 0.575. The maximum Gasteiger partial charge on any atom is 0.264 e. The highest BCUT2D eigenvalue weighted by Crippen LogP contribution is 2.28. The molecule has 7 nitrogen and oxygen atoms in total. The zero-order valence-electron chi connectivity index (χ0n) is 23.3. The normalized spacial score (nSPS) is 12.5. The first kappa shape index (κ1) is 31.1. The van der Waals surface area contributed by atoms with Gasteiger partial charge in [-0.2, -0.15) is 0 Å². The number of nitrogens with zero attached hydrogens (tertiary/aromatic N) is 2. The Kier molecular flexibility index (Phi) is 9.97. The van der Waals surface area contributed by atoms with E-state index in [4.69, 9.17) is 11.6 Å². The lowest BCUT2D eigenvalue weighted by Crippen LogP contribution is -2.55. The van der Waals surface area contributed by atoms with Gasteiger partial charge in [0.2, 0.25) is 11.8 Å². The molecule has 0 unspecified atom stereocenters. The fourth-order valence-corrected chi connectivity index (χ4v) is 5.80. The van der Waals surface area contributed by atoms with Crippen LogP contribution in [0.3, 0.4) is 0 Å². The van der Waals surface area contributed by atoms with Crippen molar-refractivity contribution in [1.29, 1.82) is 0 Å². The summed E-state index contributed by atoms with van der Waals surface area (Å²) in [5.74, 6) is -1.88. The maximum atomic E-state index is 15.0. The summed E-state index contributed by atoms with van der Waals surface area (Å²) in [5, 5.41) is 3.30. The molecule has 0 aliphatic carbocycles. The van der Waals surface area contributed by atoms with Crippen molar-refractivity contribution in [2.24, 2.45) is 0 Å². The van der Waals surface area contributed by atoms with Crippen LogP contribution in [0.2, 0.25) is 5.02 Å². The molecule has 214 valence electrons. The largest absolute Gasteiger partial charge is 0.350 e. The third-order valence-corrected chi connectivity index (χ3v) is 8.33. The predicted octanol–water partition coefficient (Wildman–Crippen LogP) is 5.70. The summed E-state index contributed by atoms with van der Waals surface area (Å²) < 4.78 is 43.4. The molecule has 1 N–H and O–H groups in total. The van der Waals surface area contributed by atoms with E-state index in [9.17, 15) is 18.0 Å². The molecule has 1 atom stereocenters. The molecule has 2 amide bonds. The molecule has 3 rings (SSSR count). The second-order valence-corrected chi connectivity index (χ2v) is 12.8. The van der Waals surface area contributed by atoms with E-state index in [1.165, 1.54) is 35.2 Å². The van der Waals surface area contributed by atoms with E-state index in [0.717, 1.165) is 15.9 Å².